The summed E-state index contributed by atoms with van der Waals surface area (Å²) in [5, 5.41) is 13.1. The van der Waals surface area contributed by atoms with E-state index in [1.54, 1.807) is 7.11 Å². The molecule has 2 aliphatic rings. The van der Waals surface area contributed by atoms with Crippen LogP contribution in [0.2, 0.25) is 0 Å². The topological polar surface area (TPSA) is 60.5 Å². The molecule has 1 aromatic heterocycles. The predicted molar refractivity (Wildman–Crippen MR) is 120 cm³/mol. The van der Waals surface area contributed by atoms with Gasteiger partial charge < -0.3 is 14.5 Å². The third-order valence-corrected chi connectivity index (χ3v) is 6.83. The highest BCUT2D eigenvalue weighted by atomic mass is 16.5. The number of ether oxygens (including phenoxy) is 1. The van der Waals surface area contributed by atoms with Crippen LogP contribution in [0, 0.1) is 0 Å². The van der Waals surface area contributed by atoms with Crippen LogP contribution in [0.3, 0.4) is 0 Å². The summed E-state index contributed by atoms with van der Waals surface area (Å²) in [7, 11) is 1.75. The SMILES string of the molecule is COc1ccccc1[C@@H](c1nnnn1C1CCCC1)[NH+]1CCN(c2ccccc2)CC1. The van der Waals surface area contributed by atoms with Gasteiger partial charge in [-0.2, -0.15) is 0 Å². The van der Waals surface area contributed by atoms with Gasteiger partial charge in [0, 0.05) is 5.69 Å². The molecule has 1 aliphatic carbocycles. The molecule has 1 aliphatic heterocycles. The number of hydrogen-bond donors (Lipinski definition) is 1. The zero-order valence-electron chi connectivity index (χ0n) is 18.2. The molecule has 1 saturated carbocycles. The normalized spacial score (nSPS) is 18.9. The molecule has 5 rings (SSSR count). The highest BCUT2D eigenvalue weighted by molar-refractivity contribution is 5.46. The maximum atomic E-state index is 5.77. The van der Waals surface area contributed by atoms with Crippen molar-refractivity contribution in [2.24, 2.45) is 0 Å². The number of hydrogen-bond acceptors (Lipinski definition) is 5. The Hall–Kier alpha value is -2.93. The molecule has 0 spiro atoms. The van der Waals surface area contributed by atoms with Crippen LogP contribution in [-0.4, -0.2) is 53.5 Å². The number of para-hydroxylation sites is 2. The van der Waals surface area contributed by atoms with Crippen LogP contribution in [0.1, 0.15) is 49.2 Å². The molecular formula is C24H31N6O+. The minimum atomic E-state index is 0.0599. The standard InChI is InChI=1S/C24H30N6O/c1-31-22-14-8-7-13-21(22)23(24-25-26-27-30(24)20-11-5-6-12-20)29-17-15-28(16-18-29)19-9-3-2-4-10-19/h2-4,7-10,13-14,20,23H,5-6,11-12,15-18H2,1H3/p+1/t23-/m0/s1. The molecule has 0 amide bonds. The van der Waals surface area contributed by atoms with Crippen molar-refractivity contribution in [3.05, 3.63) is 66.0 Å². The van der Waals surface area contributed by atoms with Crippen molar-refractivity contribution < 1.29 is 9.64 Å². The van der Waals surface area contributed by atoms with Crippen LogP contribution < -0.4 is 14.5 Å². The zero-order chi connectivity index (χ0) is 21.0. The van der Waals surface area contributed by atoms with Crippen molar-refractivity contribution in [2.75, 3.05) is 38.2 Å². The molecule has 0 radical (unpaired) electrons. The van der Waals surface area contributed by atoms with E-state index in [1.807, 2.05) is 12.1 Å². The van der Waals surface area contributed by atoms with Gasteiger partial charge in [0.2, 0.25) is 5.82 Å². The number of nitrogens with one attached hydrogen (secondary N) is 1. The Morgan fingerprint density at radius 3 is 2.42 bits per heavy atom. The van der Waals surface area contributed by atoms with Gasteiger partial charge in [0.15, 0.2) is 6.04 Å². The largest absolute Gasteiger partial charge is 0.496 e. The fourth-order valence-corrected chi connectivity index (χ4v) is 5.23. The van der Waals surface area contributed by atoms with Crippen LogP contribution in [0.15, 0.2) is 54.6 Å². The Morgan fingerprint density at radius 1 is 0.968 bits per heavy atom. The molecule has 2 fully saturated rings. The van der Waals surface area contributed by atoms with Crippen LogP contribution >= 0.6 is 0 Å². The first-order chi connectivity index (χ1) is 15.3. The highest BCUT2D eigenvalue weighted by Gasteiger charge is 2.37. The molecule has 3 aromatic rings. The van der Waals surface area contributed by atoms with Crippen molar-refractivity contribution in [1.82, 2.24) is 20.2 Å². The quantitative estimate of drug-likeness (QED) is 0.664. The molecule has 2 aromatic carbocycles. The summed E-state index contributed by atoms with van der Waals surface area (Å²) in [4.78, 5) is 3.97. The van der Waals surface area contributed by atoms with E-state index in [0.717, 1.165) is 50.6 Å². The lowest BCUT2D eigenvalue weighted by molar-refractivity contribution is -0.927. The predicted octanol–water partition coefficient (Wildman–Crippen LogP) is 2.29. The third-order valence-electron chi connectivity index (χ3n) is 6.83. The van der Waals surface area contributed by atoms with Crippen molar-refractivity contribution in [3.8, 4) is 5.75 Å². The summed E-state index contributed by atoms with van der Waals surface area (Å²) < 4.78 is 7.88. The molecule has 2 heterocycles. The van der Waals surface area contributed by atoms with Gasteiger partial charge in [0.1, 0.15) is 5.75 Å². The second-order valence-electron chi connectivity index (χ2n) is 8.58. The number of benzene rings is 2. The van der Waals surface area contributed by atoms with Crippen LogP contribution in [0.5, 0.6) is 5.75 Å². The first-order valence-electron chi connectivity index (χ1n) is 11.4. The number of tetrazole rings is 1. The summed E-state index contributed by atoms with van der Waals surface area (Å²) in [5.74, 6) is 1.88. The first-order valence-corrected chi connectivity index (χ1v) is 11.4. The van der Waals surface area contributed by atoms with Crippen molar-refractivity contribution in [2.45, 2.75) is 37.8 Å². The summed E-state index contributed by atoms with van der Waals surface area (Å²) in [6.45, 7) is 4.07. The smallest absolute Gasteiger partial charge is 0.214 e. The monoisotopic (exact) mass is 419 g/mol. The Balaban J connectivity index is 1.47. The molecule has 1 N–H and O–H groups in total. The van der Waals surface area contributed by atoms with Gasteiger partial charge in [-0.05, 0) is 47.5 Å². The van der Waals surface area contributed by atoms with Crippen LogP contribution in [0.25, 0.3) is 0 Å². The highest BCUT2D eigenvalue weighted by Crippen LogP contribution is 2.33. The lowest BCUT2D eigenvalue weighted by Crippen LogP contribution is -3.15. The molecule has 162 valence electrons. The maximum Gasteiger partial charge on any atom is 0.214 e. The van der Waals surface area contributed by atoms with E-state index >= 15 is 0 Å². The van der Waals surface area contributed by atoms with Crippen molar-refractivity contribution in [3.63, 3.8) is 0 Å². The van der Waals surface area contributed by atoms with Crippen molar-refractivity contribution in [1.29, 1.82) is 0 Å². The molecule has 7 heteroatoms. The van der Waals surface area contributed by atoms with Gasteiger partial charge >= 0.3 is 0 Å². The van der Waals surface area contributed by atoms with E-state index in [0.29, 0.717) is 6.04 Å². The lowest BCUT2D eigenvalue weighted by atomic mass is 10.0. The average Bonchev–Trinajstić information content (AvgIpc) is 3.53. The van der Waals surface area contributed by atoms with Crippen LogP contribution in [-0.2, 0) is 0 Å². The van der Waals surface area contributed by atoms with E-state index in [9.17, 15) is 0 Å². The Bertz CT molecular complexity index is 976. The number of aromatic nitrogens is 4. The molecule has 0 bridgehead atoms. The number of quaternary nitrogens is 1. The number of rotatable bonds is 6. The summed E-state index contributed by atoms with van der Waals surface area (Å²) in [6.07, 6.45) is 4.83. The fourth-order valence-electron chi connectivity index (χ4n) is 5.23. The average molecular weight is 420 g/mol. The molecular weight excluding hydrogens is 388 g/mol. The number of piperazine rings is 1. The molecule has 0 unspecified atom stereocenters. The summed E-state index contributed by atoms with van der Waals surface area (Å²) >= 11 is 0. The summed E-state index contributed by atoms with van der Waals surface area (Å²) in [5.41, 5.74) is 2.47. The fraction of sp³-hybridized carbons (Fsp3) is 0.458. The van der Waals surface area contributed by atoms with E-state index in [4.69, 9.17) is 4.74 Å². The summed E-state index contributed by atoms with van der Waals surface area (Å²) in [6, 6.07) is 19.5. The zero-order valence-corrected chi connectivity index (χ0v) is 18.2. The Morgan fingerprint density at radius 2 is 1.68 bits per heavy atom. The molecule has 1 saturated heterocycles. The van der Waals surface area contributed by atoms with Gasteiger partial charge in [0.25, 0.3) is 0 Å². The van der Waals surface area contributed by atoms with E-state index in [2.05, 4.69) is 67.6 Å². The van der Waals surface area contributed by atoms with E-state index in [1.165, 1.54) is 29.0 Å². The van der Waals surface area contributed by atoms with E-state index in [-0.39, 0.29) is 6.04 Å². The third kappa shape index (κ3) is 4.02. The van der Waals surface area contributed by atoms with Gasteiger partial charge in [-0.3, -0.25) is 0 Å². The lowest BCUT2D eigenvalue weighted by Gasteiger charge is -2.37. The molecule has 1 atom stereocenters. The van der Waals surface area contributed by atoms with Gasteiger partial charge in [-0.15, -0.1) is 5.10 Å². The van der Waals surface area contributed by atoms with Gasteiger partial charge in [0.05, 0.1) is 44.9 Å². The van der Waals surface area contributed by atoms with Crippen molar-refractivity contribution >= 4 is 5.69 Å². The number of anilines is 1. The minimum Gasteiger partial charge on any atom is -0.496 e. The first kappa shape index (κ1) is 20.0. The Kier molecular flexibility index (Phi) is 5.84. The van der Waals surface area contributed by atoms with Gasteiger partial charge in [-0.1, -0.05) is 43.2 Å². The molecule has 7 nitrogen and oxygen atoms in total. The maximum absolute atomic E-state index is 5.77. The minimum absolute atomic E-state index is 0.0599. The van der Waals surface area contributed by atoms with Gasteiger partial charge in [-0.25, -0.2) is 4.68 Å². The molecule has 31 heavy (non-hydrogen) atoms. The second-order valence-corrected chi connectivity index (χ2v) is 8.58. The van der Waals surface area contributed by atoms with E-state index < -0.39 is 0 Å². The second kappa shape index (κ2) is 9.06. The van der Waals surface area contributed by atoms with Crippen LogP contribution in [0.4, 0.5) is 5.69 Å². The number of nitrogens with zero attached hydrogens (tertiary/aromatic N) is 5. The number of methoxy groups -OCH3 is 1. The Labute approximate surface area is 183 Å².